The van der Waals surface area contributed by atoms with E-state index in [0.29, 0.717) is 0 Å². The van der Waals surface area contributed by atoms with Gasteiger partial charge in [-0.15, -0.1) is 0 Å². The van der Waals surface area contributed by atoms with Gasteiger partial charge in [-0.25, -0.2) is 0 Å². The van der Waals surface area contributed by atoms with Crippen LogP contribution in [0.5, 0.6) is 0 Å². The van der Waals surface area contributed by atoms with Gasteiger partial charge < -0.3 is 10.5 Å². The van der Waals surface area contributed by atoms with Crippen molar-refractivity contribution >= 4 is 0 Å². The Morgan fingerprint density at radius 2 is 2.50 bits per heavy atom. The average Bonchev–Trinajstić information content (AvgIpc) is 2.75. The molecule has 1 aliphatic heterocycles. The van der Waals surface area contributed by atoms with Gasteiger partial charge in [0.05, 0.1) is 24.9 Å². The number of ether oxygens (including phenoxy) is 1. The second-order valence-electron chi connectivity index (χ2n) is 4.28. The quantitative estimate of drug-likeness (QED) is 0.793. The maximum atomic E-state index is 6.19. The molecule has 0 aromatic carbocycles. The predicted molar refractivity (Wildman–Crippen MR) is 62.0 cm³/mol. The molecule has 5 heteroatoms. The van der Waals surface area contributed by atoms with Crippen molar-refractivity contribution in [1.29, 1.82) is 0 Å². The molecule has 1 saturated heterocycles. The SMILES string of the molecule is CCN1CCOC(C(N)c2cnn(C)c2)C1. The summed E-state index contributed by atoms with van der Waals surface area (Å²) in [6.07, 6.45) is 3.86. The van der Waals surface area contributed by atoms with Crippen LogP contribution in [0.2, 0.25) is 0 Å². The minimum Gasteiger partial charge on any atom is -0.374 e. The minimum absolute atomic E-state index is 0.0805. The normalized spacial score (nSPS) is 24.6. The number of nitrogens with two attached hydrogens (primary N) is 1. The Morgan fingerprint density at radius 3 is 3.12 bits per heavy atom. The number of likely N-dealkylation sites (N-methyl/N-ethyl adjacent to an activating group) is 1. The van der Waals surface area contributed by atoms with E-state index in [-0.39, 0.29) is 12.1 Å². The third-order valence-electron chi connectivity index (χ3n) is 3.14. The van der Waals surface area contributed by atoms with Gasteiger partial charge in [0.15, 0.2) is 0 Å². The number of nitrogens with zero attached hydrogens (tertiary/aromatic N) is 3. The van der Waals surface area contributed by atoms with Crippen LogP contribution in [0.25, 0.3) is 0 Å². The molecule has 0 saturated carbocycles. The highest BCUT2D eigenvalue weighted by molar-refractivity contribution is 5.12. The molecule has 1 aromatic rings. The molecule has 1 aliphatic rings. The molecule has 0 aliphatic carbocycles. The van der Waals surface area contributed by atoms with Crippen molar-refractivity contribution in [2.45, 2.75) is 19.1 Å². The van der Waals surface area contributed by atoms with Gasteiger partial charge in [0.1, 0.15) is 0 Å². The van der Waals surface area contributed by atoms with E-state index in [2.05, 4.69) is 16.9 Å². The maximum Gasteiger partial charge on any atom is 0.0895 e. The zero-order valence-corrected chi connectivity index (χ0v) is 9.97. The second kappa shape index (κ2) is 4.95. The molecule has 1 fully saturated rings. The zero-order valence-electron chi connectivity index (χ0n) is 9.97. The summed E-state index contributed by atoms with van der Waals surface area (Å²) in [5, 5.41) is 4.14. The summed E-state index contributed by atoms with van der Waals surface area (Å²) in [5.41, 5.74) is 7.24. The van der Waals surface area contributed by atoms with E-state index >= 15 is 0 Å². The topological polar surface area (TPSA) is 56.3 Å². The van der Waals surface area contributed by atoms with Crippen molar-refractivity contribution < 1.29 is 4.74 Å². The molecule has 0 radical (unpaired) electrons. The molecule has 0 bridgehead atoms. The van der Waals surface area contributed by atoms with Crippen LogP contribution in [0.1, 0.15) is 18.5 Å². The van der Waals surface area contributed by atoms with Crippen molar-refractivity contribution in [2.75, 3.05) is 26.2 Å². The van der Waals surface area contributed by atoms with Crippen molar-refractivity contribution in [3.05, 3.63) is 18.0 Å². The highest BCUT2D eigenvalue weighted by Crippen LogP contribution is 2.19. The van der Waals surface area contributed by atoms with Gasteiger partial charge in [0.25, 0.3) is 0 Å². The molecule has 1 aromatic heterocycles. The van der Waals surface area contributed by atoms with Crippen LogP contribution in [0.15, 0.2) is 12.4 Å². The van der Waals surface area contributed by atoms with Crippen LogP contribution in [0, 0.1) is 0 Å². The molecule has 2 atom stereocenters. The number of morpholine rings is 1. The van der Waals surface area contributed by atoms with E-state index in [0.717, 1.165) is 31.8 Å². The fourth-order valence-electron chi connectivity index (χ4n) is 2.06. The van der Waals surface area contributed by atoms with E-state index in [1.807, 2.05) is 19.4 Å². The number of aromatic nitrogens is 2. The standard InChI is InChI=1S/C11H20N4O/c1-3-15-4-5-16-10(8-15)11(12)9-6-13-14(2)7-9/h6-7,10-11H,3-5,8,12H2,1-2H3. The monoisotopic (exact) mass is 224 g/mol. The molecular weight excluding hydrogens is 204 g/mol. The van der Waals surface area contributed by atoms with Crippen molar-refractivity contribution in [1.82, 2.24) is 14.7 Å². The van der Waals surface area contributed by atoms with Crippen molar-refractivity contribution in [3.8, 4) is 0 Å². The first-order valence-electron chi connectivity index (χ1n) is 5.78. The molecule has 0 spiro atoms. The van der Waals surface area contributed by atoms with Gasteiger partial charge >= 0.3 is 0 Å². The van der Waals surface area contributed by atoms with Crippen molar-refractivity contribution in [3.63, 3.8) is 0 Å². The Morgan fingerprint density at radius 1 is 1.69 bits per heavy atom. The molecule has 16 heavy (non-hydrogen) atoms. The summed E-state index contributed by atoms with van der Waals surface area (Å²) >= 11 is 0. The highest BCUT2D eigenvalue weighted by Gasteiger charge is 2.26. The van der Waals surface area contributed by atoms with E-state index < -0.39 is 0 Å². The summed E-state index contributed by atoms with van der Waals surface area (Å²) in [5.74, 6) is 0. The summed E-state index contributed by atoms with van der Waals surface area (Å²) in [7, 11) is 1.90. The van der Waals surface area contributed by atoms with Gasteiger partial charge in [0.2, 0.25) is 0 Å². The third kappa shape index (κ3) is 2.42. The Bertz CT molecular complexity index is 338. The lowest BCUT2D eigenvalue weighted by atomic mass is 10.0. The lowest BCUT2D eigenvalue weighted by molar-refractivity contribution is -0.0392. The fourth-order valence-corrected chi connectivity index (χ4v) is 2.06. The van der Waals surface area contributed by atoms with Gasteiger partial charge in [-0.1, -0.05) is 6.92 Å². The van der Waals surface area contributed by atoms with Crippen LogP contribution in [0.4, 0.5) is 0 Å². The zero-order chi connectivity index (χ0) is 11.5. The van der Waals surface area contributed by atoms with E-state index in [4.69, 9.17) is 10.5 Å². The Labute approximate surface area is 96.2 Å². The molecule has 2 unspecified atom stereocenters. The summed E-state index contributed by atoms with van der Waals surface area (Å²) in [6.45, 7) is 5.91. The predicted octanol–water partition coefficient (Wildman–Crippen LogP) is 0.141. The average molecular weight is 224 g/mol. The largest absolute Gasteiger partial charge is 0.374 e. The maximum absolute atomic E-state index is 6.19. The number of hydrogen-bond donors (Lipinski definition) is 1. The number of rotatable bonds is 3. The molecule has 0 amide bonds. The summed E-state index contributed by atoms with van der Waals surface area (Å²) in [4.78, 5) is 2.37. The van der Waals surface area contributed by atoms with Crippen LogP contribution in [-0.2, 0) is 11.8 Å². The van der Waals surface area contributed by atoms with Gasteiger partial charge in [-0.05, 0) is 6.54 Å². The first-order valence-corrected chi connectivity index (χ1v) is 5.78. The summed E-state index contributed by atoms with van der Waals surface area (Å²) < 4.78 is 7.51. The van der Waals surface area contributed by atoms with E-state index in [1.54, 1.807) is 4.68 Å². The summed E-state index contributed by atoms with van der Waals surface area (Å²) in [6, 6.07) is -0.0805. The second-order valence-corrected chi connectivity index (χ2v) is 4.28. The Balaban J connectivity index is 2.01. The lowest BCUT2D eigenvalue weighted by Gasteiger charge is -2.34. The molecule has 2 rings (SSSR count). The van der Waals surface area contributed by atoms with E-state index in [1.165, 1.54) is 0 Å². The Hall–Kier alpha value is -0.910. The Kier molecular flexibility index (Phi) is 3.58. The van der Waals surface area contributed by atoms with Gasteiger partial charge in [-0.2, -0.15) is 5.10 Å². The van der Waals surface area contributed by atoms with E-state index in [9.17, 15) is 0 Å². The number of hydrogen-bond acceptors (Lipinski definition) is 4. The molecule has 90 valence electrons. The lowest BCUT2D eigenvalue weighted by Crippen LogP contribution is -2.46. The smallest absolute Gasteiger partial charge is 0.0895 e. The molecule has 5 nitrogen and oxygen atoms in total. The van der Waals surface area contributed by atoms with Crippen LogP contribution < -0.4 is 5.73 Å². The number of aryl methyl sites for hydroxylation is 1. The fraction of sp³-hybridized carbons (Fsp3) is 0.727. The van der Waals surface area contributed by atoms with Gasteiger partial charge in [0, 0.05) is 31.9 Å². The van der Waals surface area contributed by atoms with Crippen LogP contribution >= 0.6 is 0 Å². The highest BCUT2D eigenvalue weighted by atomic mass is 16.5. The minimum atomic E-state index is -0.0805. The first-order chi connectivity index (χ1) is 7.70. The molecule has 2 heterocycles. The van der Waals surface area contributed by atoms with Crippen molar-refractivity contribution in [2.24, 2.45) is 12.8 Å². The molecular formula is C11H20N4O. The molecule has 2 N–H and O–H groups in total. The van der Waals surface area contributed by atoms with Crippen LogP contribution in [-0.4, -0.2) is 47.0 Å². The first kappa shape index (κ1) is 11.6. The van der Waals surface area contributed by atoms with Crippen LogP contribution in [0.3, 0.4) is 0 Å². The third-order valence-corrected chi connectivity index (χ3v) is 3.14. The van der Waals surface area contributed by atoms with Gasteiger partial charge in [-0.3, -0.25) is 9.58 Å².